The van der Waals surface area contributed by atoms with Crippen LogP contribution in [0.1, 0.15) is 37.0 Å². The highest BCUT2D eigenvalue weighted by Crippen LogP contribution is 2.17. The largest absolute Gasteiger partial charge is 0.374 e. The third-order valence-corrected chi connectivity index (χ3v) is 5.62. The van der Waals surface area contributed by atoms with Crippen molar-refractivity contribution < 1.29 is 9.53 Å². The number of ether oxygens (including phenoxy) is 1. The van der Waals surface area contributed by atoms with Gasteiger partial charge in [0, 0.05) is 45.6 Å². The lowest BCUT2D eigenvalue weighted by Gasteiger charge is -2.18. The van der Waals surface area contributed by atoms with Gasteiger partial charge in [0.15, 0.2) is 5.96 Å². The fourth-order valence-electron chi connectivity index (χ4n) is 3.86. The molecule has 1 atom stereocenters. The molecule has 2 N–H and O–H groups in total. The minimum Gasteiger partial charge on any atom is -0.374 e. The summed E-state index contributed by atoms with van der Waals surface area (Å²) in [6.45, 7) is 7.70. The molecule has 0 radical (unpaired) electrons. The Balaban J connectivity index is 0.00000385. The molecule has 1 aliphatic heterocycles. The van der Waals surface area contributed by atoms with Crippen LogP contribution in [0, 0.1) is 5.92 Å². The Kier molecular flexibility index (Phi) is 11.7. The molecule has 2 aromatic rings. The van der Waals surface area contributed by atoms with Crippen molar-refractivity contribution in [1.29, 1.82) is 0 Å². The van der Waals surface area contributed by atoms with E-state index in [1.54, 1.807) is 7.05 Å². The number of guanidine groups is 1. The molecule has 180 valence electrons. The molecule has 6 nitrogen and oxygen atoms in total. The number of rotatable bonds is 10. The van der Waals surface area contributed by atoms with E-state index in [1.807, 2.05) is 36.9 Å². The number of aliphatic imine (C=N–C) groups is 1. The number of nitrogens with zero attached hydrogens (tertiary/aromatic N) is 2. The van der Waals surface area contributed by atoms with Crippen LogP contribution in [0.4, 0.5) is 0 Å². The van der Waals surface area contributed by atoms with Gasteiger partial charge < -0.3 is 20.3 Å². The summed E-state index contributed by atoms with van der Waals surface area (Å²) in [5.74, 6) is 1.30. The van der Waals surface area contributed by atoms with E-state index in [1.165, 1.54) is 16.7 Å². The molecule has 1 saturated heterocycles. The Hall–Kier alpha value is -2.13. The molecule has 1 unspecified atom stereocenters. The highest BCUT2D eigenvalue weighted by atomic mass is 127. The van der Waals surface area contributed by atoms with Crippen molar-refractivity contribution in [2.45, 2.75) is 45.9 Å². The van der Waals surface area contributed by atoms with Crippen LogP contribution in [0.5, 0.6) is 0 Å². The van der Waals surface area contributed by atoms with Gasteiger partial charge in [-0.1, -0.05) is 54.6 Å². The topological polar surface area (TPSA) is 66.0 Å². The van der Waals surface area contributed by atoms with E-state index in [-0.39, 0.29) is 36.0 Å². The van der Waals surface area contributed by atoms with Crippen LogP contribution < -0.4 is 10.6 Å². The van der Waals surface area contributed by atoms with Crippen LogP contribution in [-0.4, -0.2) is 49.6 Å². The average molecular weight is 565 g/mol. The number of hydrogen-bond donors (Lipinski definition) is 2. The maximum absolute atomic E-state index is 12.4. The fraction of sp³-hybridized carbons (Fsp3) is 0.462. The second-order valence-corrected chi connectivity index (χ2v) is 8.63. The molecule has 1 heterocycles. The second-order valence-electron chi connectivity index (χ2n) is 8.63. The monoisotopic (exact) mass is 564 g/mol. The third-order valence-electron chi connectivity index (χ3n) is 5.62. The minimum absolute atomic E-state index is 0. The average Bonchev–Trinajstić information content (AvgIpc) is 3.16. The van der Waals surface area contributed by atoms with Crippen LogP contribution >= 0.6 is 24.0 Å². The van der Waals surface area contributed by atoms with Crippen molar-refractivity contribution in [2.24, 2.45) is 10.9 Å². The summed E-state index contributed by atoms with van der Waals surface area (Å²) >= 11 is 0. The van der Waals surface area contributed by atoms with Crippen molar-refractivity contribution >= 4 is 35.8 Å². The first-order valence-electron chi connectivity index (χ1n) is 11.5. The SMILES string of the molecule is CN=C(NCc1cccc(COC(C)C)c1)NCC1CC(=O)N(CCc2ccccc2)C1.I. The first kappa shape index (κ1) is 27.1. The van der Waals surface area contributed by atoms with Crippen molar-refractivity contribution in [3.05, 3.63) is 71.3 Å². The maximum atomic E-state index is 12.4. The first-order chi connectivity index (χ1) is 15.5. The van der Waals surface area contributed by atoms with Gasteiger partial charge in [0.25, 0.3) is 0 Å². The molecule has 0 spiro atoms. The molecule has 7 heteroatoms. The Morgan fingerprint density at radius 1 is 1.09 bits per heavy atom. The molecule has 3 rings (SSSR count). The van der Waals surface area contributed by atoms with Gasteiger partial charge in [-0.25, -0.2) is 0 Å². The van der Waals surface area contributed by atoms with Crippen molar-refractivity contribution in [3.63, 3.8) is 0 Å². The van der Waals surface area contributed by atoms with Crippen LogP contribution in [0.3, 0.4) is 0 Å². The zero-order valence-electron chi connectivity index (χ0n) is 19.9. The quantitative estimate of drug-likeness (QED) is 0.260. The highest BCUT2D eigenvalue weighted by Gasteiger charge is 2.29. The molecule has 33 heavy (non-hydrogen) atoms. The number of halogens is 1. The number of amides is 1. The third kappa shape index (κ3) is 9.33. The zero-order chi connectivity index (χ0) is 22.8. The van der Waals surface area contributed by atoms with Crippen LogP contribution in [0.15, 0.2) is 59.6 Å². The van der Waals surface area contributed by atoms with Crippen LogP contribution in [0.25, 0.3) is 0 Å². The lowest BCUT2D eigenvalue weighted by molar-refractivity contribution is -0.127. The Morgan fingerprint density at radius 2 is 1.82 bits per heavy atom. The summed E-state index contributed by atoms with van der Waals surface area (Å²) in [4.78, 5) is 18.7. The zero-order valence-corrected chi connectivity index (χ0v) is 22.3. The van der Waals surface area contributed by atoms with E-state index < -0.39 is 0 Å². The smallest absolute Gasteiger partial charge is 0.223 e. The van der Waals surface area contributed by atoms with Gasteiger partial charge in [-0.15, -0.1) is 24.0 Å². The number of benzene rings is 2. The van der Waals surface area contributed by atoms with Gasteiger partial charge in [-0.3, -0.25) is 9.79 Å². The van der Waals surface area contributed by atoms with E-state index >= 15 is 0 Å². The summed E-state index contributed by atoms with van der Waals surface area (Å²) in [7, 11) is 1.77. The Labute approximate surface area is 215 Å². The number of carbonyl (C=O) groups is 1. The maximum Gasteiger partial charge on any atom is 0.223 e. The van der Waals surface area contributed by atoms with E-state index in [9.17, 15) is 4.79 Å². The Morgan fingerprint density at radius 3 is 2.55 bits per heavy atom. The molecule has 2 aromatic carbocycles. The van der Waals surface area contributed by atoms with Crippen molar-refractivity contribution in [1.82, 2.24) is 15.5 Å². The highest BCUT2D eigenvalue weighted by molar-refractivity contribution is 14.0. The number of hydrogen-bond acceptors (Lipinski definition) is 3. The Bertz CT molecular complexity index is 889. The molecule has 1 aliphatic rings. The first-order valence-corrected chi connectivity index (χ1v) is 11.5. The standard InChI is InChI=1S/C26H36N4O2.HI/c1-20(2)32-19-23-11-7-10-22(14-23)16-28-26(27-3)29-17-24-15-25(31)30(18-24)13-12-21-8-5-4-6-9-21;/h4-11,14,20,24H,12-13,15-19H2,1-3H3,(H2,27,28,29);1H. The summed E-state index contributed by atoms with van der Waals surface area (Å²) in [6.07, 6.45) is 1.71. The van der Waals surface area contributed by atoms with Gasteiger partial charge in [0.1, 0.15) is 0 Å². The van der Waals surface area contributed by atoms with Crippen LogP contribution in [-0.2, 0) is 29.1 Å². The molecule has 0 bridgehead atoms. The predicted molar refractivity (Wildman–Crippen MR) is 145 cm³/mol. The van der Waals surface area contributed by atoms with E-state index in [0.717, 1.165) is 32.0 Å². The number of nitrogens with one attached hydrogen (secondary N) is 2. The van der Waals surface area contributed by atoms with Crippen LogP contribution in [0.2, 0.25) is 0 Å². The summed E-state index contributed by atoms with van der Waals surface area (Å²) in [6, 6.07) is 18.7. The molecule has 1 fully saturated rings. The fourth-order valence-corrected chi connectivity index (χ4v) is 3.86. The van der Waals surface area contributed by atoms with E-state index in [2.05, 4.69) is 52.0 Å². The van der Waals surface area contributed by atoms with E-state index in [0.29, 0.717) is 25.5 Å². The van der Waals surface area contributed by atoms with Crippen molar-refractivity contribution in [3.8, 4) is 0 Å². The number of carbonyl (C=O) groups excluding carboxylic acids is 1. The predicted octanol–water partition coefficient (Wildman–Crippen LogP) is 3.99. The number of likely N-dealkylation sites (tertiary alicyclic amines) is 1. The second kappa shape index (κ2) is 14.2. The normalized spacial score (nSPS) is 16.1. The molecular weight excluding hydrogens is 527 g/mol. The van der Waals surface area contributed by atoms with Crippen molar-refractivity contribution in [2.75, 3.05) is 26.7 Å². The summed E-state index contributed by atoms with van der Waals surface area (Å²) in [5, 5.41) is 6.76. The van der Waals surface area contributed by atoms with E-state index in [4.69, 9.17) is 4.74 Å². The summed E-state index contributed by atoms with van der Waals surface area (Å²) < 4.78 is 5.70. The molecule has 0 saturated carbocycles. The van der Waals surface area contributed by atoms with Gasteiger partial charge in [-0.05, 0) is 37.0 Å². The lowest BCUT2D eigenvalue weighted by atomic mass is 10.1. The lowest BCUT2D eigenvalue weighted by Crippen LogP contribution is -2.40. The van der Waals surface area contributed by atoms with Gasteiger partial charge in [0.2, 0.25) is 5.91 Å². The van der Waals surface area contributed by atoms with Gasteiger partial charge in [-0.2, -0.15) is 0 Å². The van der Waals surface area contributed by atoms with Gasteiger partial charge in [0.05, 0.1) is 12.7 Å². The molecule has 1 amide bonds. The minimum atomic E-state index is 0. The van der Waals surface area contributed by atoms with Gasteiger partial charge >= 0.3 is 0 Å². The molecular formula is C26H37IN4O2. The molecule has 0 aromatic heterocycles. The summed E-state index contributed by atoms with van der Waals surface area (Å²) in [5.41, 5.74) is 3.62. The molecule has 0 aliphatic carbocycles.